The van der Waals surface area contributed by atoms with E-state index in [0.29, 0.717) is 29.6 Å². The zero-order valence-electron chi connectivity index (χ0n) is 27.6. The fourth-order valence-electron chi connectivity index (χ4n) is 8.26. The van der Waals surface area contributed by atoms with Gasteiger partial charge in [0, 0.05) is 71.8 Å². The molecule has 4 fully saturated rings. The lowest BCUT2D eigenvalue weighted by molar-refractivity contribution is -0.138. The molecule has 3 saturated heterocycles. The molecule has 0 aromatic carbocycles. The molecule has 2 N–H and O–H groups in total. The van der Waals surface area contributed by atoms with E-state index < -0.39 is 0 Å². The molecule has 2 bridgehead atoms. The Morgan fingerprint density at radius 2 is 1.85 bits per heavy atom. The van der Waals surface area contributed by atoms with Crippen molar-refractivity contribution in [3.63, 3.8) is 0 Å². The molecular formula is C36H45N7O3. The first-order valence-corrected chi connectivity index (χ1v) is 17.0. The number of rotatable bonds is 6. The van der Waals surface area contributed by atoms with E-state index in [0.717, 1.165) is 72.6 Å². The lowest BCUT2D eigenvalue weighted by Crippen LogP contribution is -2.40. The summed E-state index contributed by atoms with van der Waals surface area (Å²) in [6.45, 7) is 10.4. The monoisotopic (exact) mass is 623 g/mol. The normalized spacial score (nSPS) is 24.6. The quantitative estimate of drug-likeness (QED) is 0.318. The molecule has 1 unspecified atom stereocenters. The Morgan fingerprint density at radius 1 is 1.04 bits per heavy atom. The molecule has 10 heteroatoms. The Labute approximate surface area is 269 Å². The fourth-order valence-corrected chi connectivity index (χ4v) is 8.26. The summed E-state index contributed by atoms with van der Waals surface area (Å²) < 4.78 is 10.2. The lowest BCUT2D eigenvalue weighted by atomic mass is 9.95. The van der Waals surface area contributed by atoms with E-state index in [1.165, 1.54) is 12.8 Å². The van der Waals surface area contributed by atoms with Gasteiger partial charge in [0.25, 0.3) is 5.91 Å². The number of carbonyl (C=O) groups is 2. The van der Waals surface area contributed by atoms with Crippen molar-refractivity contribution in [3.05, 3.63) is 47.3 Å². The number of amides is 2. The fraction of sp³-hybridized carbons (Fsp3) is 0.556. The number of nitrogens with two attached hydrogens (primary N) is 1. The summed E-state index contributed by atoms with van der Waals surface area (Å²) in [4.78, 5) is 41.2. The number of hydrogen-bond acceptors (Lipinski definition) is 6. The molecular weight excluding hydrogens is 578 g/mol. The minimum Gasteiger partial charge on any atom is -0.482 e. The van der Waals surface area contributed by atoms with Crippen molar-refractivity contribution in [2.45, 2.75) is 96.8 Å². The van der Waals surface area contributed by atoms with Crippen LogP contribution in [0.15, 0.2) is 30.3 Å². The molecule has 0 spiro atoms. The molecule has 2 amide bonds. The van der Waals surface area contributed by atoms with Crippen LogP contribution in [0.1, 0.15) is 87.0 Å². The van der Waals surface area contributed by atoms with Gasteiger partial charge < -0.3 is 24.8 Å². The van der Waals surface area contributed by atoms with Gasteiger partial charge in [-0.2, -0.15) is 0 Å². The molecule has 0 radical (unpaired) electrons. The smallest absolute Gasteiger partial charge is 0.254 e. The summed E-state index contributed by atoms with van der Waals surface area (Å²) in [5, 5.41) is 1.08. The third-order valence-corrected chi connectivity index (χ3v) is 10.9. The molecule has 242 valence electrons. The number of aromatic nitrogens is 4. The van der Waals surface area contributed by atoms with Gasteiger partial charge >= 0.3 is 0 Å². The number of nitrogens with zero attached hydrogens (tertiary/aromatic N) is 6. The van der Waals surface area contributed by atoms with Crippen LogP contribution in [0.5, 0.6) is 5.88 Å². The van der Waals surface area contributed by atoms with Gasteiger partial charge in [-0.25, -0.2) is 9.97 Å². The number of imidazole rings is 1. The van der Waals surface area contributed by atoms with Crippen LogP contribution in [0.25, 0.3) is 28.1 Å². The Hall–Kier alpha value is -3.92. The number of likely N-dealkylation sites (tertiary alicyclic amines) is 1. The third-order valence-electron chi connectivity index (χ3n) is 10.9. The lowest BCUT2D eigenvalue weighted by Gasteiger charge is -2.25. The molecule has 4 aromatic rings. The average Bonchev–Trinajstić information content (AvgIpc) is 3.39. The SMILES string of the molecule is COc1cc(C(=O)N2[C@H]3CC[C@@H]2[C@H](N)C3)cc2nc(-c3cc4ccc(C5CCN(C(=O)C(C)(C)C)C5)nc4n3CC3CC3)c(C)n12. The van der Waals surface area contributed by atoms with E-state index in [4.69, 9.17) is 20.4 Å². The molecule has 10 nitrogen and oxygen atoms in total. The zero-order valence-corrected chi connectivity index (χ0v) is 27.6. The number of fused-ring (bicyclic) bond motifs is 4. The largest absolute Gasteiger partial charge is 0.482 e. The van der Waals surface area contributed by atoms with E-state index in [1.54, 1.807) is 7.11 Å². The van der Waals surface area contributed by atoms with Crippen LogP contribution >= 0.6 is 0 Å². The van der Waals surface area contributed by atoms with Crippen molar-refractivity contribution in [1.29, 1.82) is 0 Å². The van der Waals surface area contributed by atoms with Gasteiger partial charge in [0.05, 0.1) is 18.5 Å². The van der Waals surface area contributed by atoms with E-state index in [2.05, 4.69) is 29.7 Å². The van der Waals surface area contributed by atoms with Gasteiger partial charge in [-0.05, 0) is 75.6 Å². The first-order valence-electron chi connectivity index (χ1n) is 17.0. The molecule has 4 atom stereocenters. The first-order chi connectivity index (χ1) is 22.0. The summed E-state index contributed by atoms with van der Waals surface area (Å²) in [6.07, 6.45) is 6.23. The van der Waals surface area contributed by atoms with Gasteiger partial charge in [0.15, 0.2) is 5.88 Å². The number of methoxy groups -OCH3 is 1. The molecule has 4 aromatic heterocycles. The van der Waals surface area contributed by atoms with Gasteiger partial charge in [0.2, 0.25) is 5.91 Å². The predicted molar refractivity (Wildman–Crippen MR) is 177 cm³/mol. The number of ether oxygens (including phenoxy) is 1. The summed E-state index contributed by atoms with van der Waals surface area (Å²) in [7, 11) is 1.65. The summed E-state index contributed by atoms with van der Waals surface area (Å²) in [6, 6.07) is 10.6. The molecule has 7 heterocycles. The van der Waals surface area contributed by atoms with E-state index in [9.17, 15) is 9.59 Å². The maximum Gasteiger partial charge on any atom is 0.254 e. The minimum absolute atomic E-state index is 0.0118. The second-order valence-corrected chi connectivity index (χ2v) is 15.2. The highest BCUT2D eigenvalue weighted by molar-refractivity contribution is 5.97. The summed E-state index contributed by atoms with van der Waals surface area (Å²) in [5.74, 6) is 1.66. The van der Waals surface area contributed by atoms with Gasteiger partial charge in [-0.1, -0.05) is 20.8 Å². The van der Waals surface area contributed by atoms with Crippen LogP contribution in [0.3, 0.4) is 0 Å². The van der Waals surface area contributed by atoms with Crippen molar-refractivity contribution < 1.29 is 14.3 Å². The van der Waals surface area contributed by atoms with Crippen LogP contribution < -0.4 is 10.5 Å². The first kappa shape index (κ1) is 29.5. The molecule has 46 heavy (non-hydrogen) atoms. The average molecular weight is 624 g/mol. The Bertz CT molecular complexity index is 1880. The van der Waals surface area contributed by atoms with Crippen LogP contribution in [0.4, 0.5) is 0 Å². The van der Waals surface area contributed by atoms with E-state index in [-0.39, 0.29) is 41.3 Å². The Morgan fingerprint density at radius 3 is 2.52 bits per heavy atom. The second kappa shape index (κ2) is 10.6. The number of aryl methyl sites for hydroxylation is 1. The maximum absolute atomic E-state index is 13.8. The zero-order chi connectivity index (χ0) is 32.1. The molecule has 8 rings (SSSR count). The predicted octanol–water partition coefficient (Wildman–Crippen LogP) is 5.14. The van der Waals surface area contributed by atoms with E-state index in [1.807, 2.05) is 47.1 Å². The Balaban J connectivity index is 1.18. The molecule has 1 aliphatic carbocycles. The highest BCUT2D eigenvalue weighted by atomic mass is 16.5. The second-order valence-electron chi connectivity index (χ2n) is 15.2. The number of carbonyl (C=O) groups excluding carboxylic acids is 2. The van der Waals surface area contributed by atoms with E-state index >= 15 is 0 Å². The van der Waals surface area contributed by atoms with Gasteiger partial charge in [-0.15, -0.1) is 0 Å². The van der Waals surface area contributed by atoms with Crippen molar-refractivity contribution >= 4 is 28.5 Å². The van der Waals surface area contributed by atoms with Crippen LogP contribution in [0.2, 0.25) is 0 Å². The molecule has 3 aliphatic heterocycles. The highest BCUT2D eigenvalue weighted by Gasteiger charge is 2.47. The van der Waals surface area contributed by atoms with Crippen molar-refractivity contribution in [2.24, 2.45) is 17.1 Å². The molecule has 4 aliphatic rings. The van der Waals surface area contributed by atoms with Crippen molar-refractivity contribution in [1.82, 2.24) is 28.7 Å². The van der Waals surface area contributed by atoms with Crippen molar-refractivity contribution in [3.8, 4) is 17.3 Å². The van der Waals surface area contributed by atoms with Crippen LogP contribution in [0, 0.1) is 18.3 Å². The third kappa shape index (κ3) is 4.70. The number of pyridine rings is 2. The van der Waals surface area contributed by atoms with Gasteiger partial charge in [-0.3, -0.25) is 14.0 Å². The van der Waals surface area contributed by atoms with Crippen molar-refractivity contribution in [2.75, 3.05) is 20.2 Å². The maximum atomic E-state index is 13.8. The summed E-state index contributed by atoms with van der Waals surface area (Å²) in [5.41, 5.74) is 12.1. The van der Waals surface area contributed by atoms with Crippen LogP contribution in [-0.2, 0) is 11.3 Å². The van der Waals surface area contributed by atoms with Crippen LogP contribution in [-0.4, -0.2) is 78.9 Å². The van der Waals surface area contributed by atoms with Gasteiger partial charge in [0.1, 0.15) is 17.0 Å². The number of hydrogen-bond donors (Lipinski definition) is 1. The summed E-state index contributed by atoms with van der Waals surface area (Å²) >= 11 is 0. The topological polar surface area (TPSA) is 111 Å². The minimum atomic E-state index is -0.385. The highest BCUT2D eigenvalue weighted by Crippen LogP contribution is 2.40. The molecule has 1 saturated carbocycles. The standard InChI is InChI=1S/C36H45N7O3/c1-20-32(39-30-15-24(16-31(46-5)42(20)30)34(44)43-25-9-11-28(43)26(37)17-25)29-14-22-8-10-27(38-33(22)41(29)18-21-6-7-21)23-12-13-40(19-23)35(45)36(2,3)4/h8,10,14-16,21,23,25-26,28H,6-7,9,11-13,17-19,37H2,1-5H3/t23?,25-,26+,28+/m0/s1. The Kier molecular flexibility index (Phi) is 6.76.